The van der Waals surface area contributed by atoms with E-state index in [9.17, 15) is 4.79 Å². The fourth-order valence-electron chi connectivity index (χ4n) is 1.94. The Bertz CT molecular complexity index is 443. The van der Waals surface area contributed by atoms with Gasteiger partial charge >= 0.3 is 6.01 Å². The van der Waals surface area contributed by atoms with E-state index in [0.29, 0.717) is 63.8 Å². The van der Waals surface area contributed by atoms with Crippen molar-refractivity contribution in [2.45, 2.75) is 32.9 Å². The number of anilines is 1. The summed E-state index contributed by atoms with van der Waals surface area (Å²) in [5.74, 6) is 0.651. The molecule has 1 aliphatic rings. The summed E-state index contributed by atoms with van der Waals surface area (Å²) in [7, 11) is 0. The molecular weight excluding hydrogens is 274 g/mol. The minimum atomic E-state index is 0.118. The number of ether oxygens (including phenoxy) is 1. The van der Waals surface area contributed by atoms with Gasteiger partial charge in [-0.2, -0.15) is 0 Å². The minimum Gasteiger partial charge on any atom is -0.407 e. The smallest absolute Gasteiger partial charge is 0.315 e. The van der Waals surface area contributed by atoms with Gasteiger partial charge in [-0.1, -0.05) is 18.9 Å². The SMILES string of the molecule is CC(C)NCc1nnc(NCCC(=O)N2CCOCC2)o1. The maximum atomic E-state index is 11.9. The summed E-state index contributed by atoms with van der Waals surface area (Å²) >= 11 is 0. The van der Waals surface area contributed by atoms with Crippen LogP contribution in [0.5, 0.6) is 0 Å². The van der Waals surface area contributed by atoms with Gasteiger partial charge in [-0.3, -0.25) is 4.79 Å². The van der Waals surface area contributed by atoms with Gasteiger partial charge in [0.15, 0.2) is 0 Å². The molecule has 0 bridgehead atoms. The Hall–Kier alpha value is -1.67. The van der Waals surface area contributed by atoms with Crippen molar-refractivity contribution in [2.24, 2.45) is 0 Å². The molecule has 0 saturated carbocycles. The molecule has 1 saturated heterocycles. The molecule has 2 N–H and O–H groups in total. The van der Waals surface area contributed by atoms with Crippen molar-refractivity contribution >= 4 is 11.9 Å². The van der Waals surface area contributed by atoms with E-state index in [1.807, 2.05) is 18.7 Å². The largest absolute Gasteiger partial charge is 0.407 e. The van der Waals surface area contributed by atoms with Crippen molar-refractivity contribution in [3.05, 3.63) is 5.89 Å². The number of hydrogen-bond acceptors (Lipinski definition) is 7. The number of aromatic nitrogens is 2. The lowest BCUT2D eigenvalue weighted by Gasteiger charge is -2.26. The summed E-state index contributed by atoms with van der Waals surface area (Å²) in [6, 6.07) is 0.713. The van der Waals surface area contributed by atoms with Gasteiger partial charge in [-0.05, 0) is 0 Å². The number of amides is 1. The topological polar surface area (TPSA) is 92.5 Å². The van der Waals surface area contributed by atoms with Gasteiger partial charge in [0.25, 0.3) is 0 Å². The number of morpholine rings is 1. The zero-order valence-electron chi connectivity index (χ0n) is 12.6. The molecule has 2 rings (SSSR count). The van der Waals surface area contributed by atoms with Gasteiger partial charge in [-0.25, -0.2) is 0 Å². The zero-order chi connectivity index (χ0) is 15.1. The fraction of sp³-hybridized carbons (Fsp3) is 0.769. The van der Waals surface area contributed by atoms with E-state index >= 15 is 0 Å². The Morgan fingerprint density at radius 1 is 1.33 bits per heavy atom. The summed E-state index contributed by atoms with van der Waals surface area (Å²) in [4.78, 5) is 13.7. The van der Waals surface area contributed by atoms with Gasteiger partial charge in [-0.15, -0.1) is 5.10 Å². The highest BCUT2D eigenvalue weighted by molar-refractivity contribution is 5.76. The van der Waals surface area contributed by atoms with Crippen LogP contribution in [0.25, 0.3) is 0 Å². The van der Waals surface area contributed by atoms with Gasteiger partial charge in [0.05, 0.1) is 19.8 Å². The Balaban J connectivity index is 1.67. The molecule has 1 aliphatic heterocycles. The van der Waals surface area contributed by atoms with E-state index in [1.165, 1.54) is 0 Å². The van der Waals surface area contributed by atoms with E-state index in [2.05, 4.69) is 20.8 Å². The van der Waals surface area contributed by atoms with Crippen LogP contribution >= 0.6 is 0 Å². The van der Waals surface area contributed by atoms with Gasteiger partial charge < -0.3 is 24.7 Å². The maximum absolute atomic E-state index is 11.9. The molecule has 1 fully saturated rings. The third-order valence-corrected chi connectivity index (χ3v) is 3.11. The van der Waals surface area contributed by atoms with E-state index in [4.69, 9.17) is 9.15 Å². The van der Waals surface area contributed by atoms with Crippen molar-refractivity contribution in [3.63, 3.8) is 0 Å². The number of hydrogen-bond donors (Lipinski definition) is 2. The fourth-order valence-corrected chi connectivity index (χ4v) is 1.94. The van der Waals surface area contributed by atoms with Crippen LogP contribution in [0.15, 0.2) is 4.42 Å². The van der Waals surface area contributed by atoms with Crippen LogP contribution in [0.1, 0.15) is 26.2 Å². The highest BCUT2D eigenvalue weighted by Crippen LogP contribution is 2.06. The van der Waals surface area contributed by atoms with Gasteiger partial charge in [0, 0.05) is 32.1 Å². The molecule has 1 amide bonds. The number of nitrogens with zero attached hydrogens (tertiary/aromatic N) is 3. The first kappa shape index (κ1) is 15.7. The van der Waals surface area contributed by atoms with Crippen molar-refractivity contribution in [3.8, 4) is 0 Å². The van der Waals surface area contributed by atoms with E-state index in [-0.39, 0.29) is 5.91 Å². The number of carbonyl (C=O) groups excluding carboxylic acids is 1. The lowest BCUT2D eigenvalue weighted by molar-refractivity contribution is -0.134. The molecule has 1 aromatic heterocycles. The molecule has 118 valence electrons. The van der Waals surface area contributed by atoms with E-state index < -0.39 is 0 Å². The molecule has 8 heteroatoms. The normalized spacial score (nSPS) is 15.5. The lowest BCUT2D eigenvalue weighted by Crippen LogP contribution is -2.41. The zero-order valence-corrected chi connectivity index (χ0v) is 12.6. The van der Waals surface area contributed by atoms with E-state index in [0.717, 1.165) is 0 Å². The van der Waals surface area contributed by atoms with Crippen LogP contribution in [-0.4, -0.2) is 59.9 Å². The molecule has 8 nitrogen and oxygen atoms in total. The summed E-state index contributed by atoms with van der Waals surface area (Å²) in [6.07, 6.45) is 0.405. The van der Waals surface area contributed by atoms with Crippen LogP contribution < -0.4 is 10.6 Å². The summed E-state index contributed by atoms with van der Waals surface area (Å²) in [5, 5.41) is 14.0. The van der Waals surface area contributed by atoms with Crippen LogP contribution in [0.2, 0.25) is 0 Å². The van der Waals surface area contributed by atoms with Crippen molar-refractivity contribution in [2.75, 3.05) is 38.2 Å². The number of rotatable bonds is 7. The van der Waals surface area contributed by atoms with Crippen molar-refractivity contribution in [1.82, 2.24) is 20.4 Å². The highest BCUT2D eigenvalue weighted by Gasteiger charge is 2.16. The second kappa shape index (κ2) is 7.94. The first-order chi connectivity index (χ1) is 10.1. The van der Waals surface area contributed by atoms with Crippen LogP contribution in [-0.2, 0) is 16.1 Å². The summed E-state index contributed by atoms with van der Waals surface area (Å²) < 4.78 is 10.6. The molecule has 0 unspecified atom stereocenters. The summed E-state index contributed by atoms with van der Waals surface area (Å²) in [5.41, 5.74) is 0. The monoisotopic (exact) mass is 297 g/mol. The number of nitrogens with one attached hydrogen (secondary N) is 2. The third kappa shape index (κ3) is 5.31. The highest BCUT2D eigenvalue weighted by atomic mass is 16.5. The predicted molar refractivity (Wildman–Crippen MR) is 76.8 cm³/mol. The maximum Gasteiger partial charge on any atom is 0.315 e. The molecule has 0 spiro atoms. The van der Waals surface area contributed by atoms with Crippen molar-refractivity contribution < 1.29 is 13.9 Å². The molecule has 21 heavy (non-hydrogen) atoms. The van der Waals surface area contributed by atoms with Crippen LogP contribution in [0.3, 0.4) is 0 Å². The molecule has 0 atom stereocenters. The van der Waals surface area contributed by atoms with Crippen LogP contribution in [0, 0.1) is 0 Å². The Morgan fingerprint density at radius 2 is 2.10 bits per heavy atom. The average molecular weight is 297 g/mol. The Morgan fingerprint density at radius 3 is 2.81 bits per heavy atom. The summed E-state index contributed by atoms with van der Waals surface area (Å²) in [6.45, 7) is 7.70. The van der Waals surface area contributed by atoms with Gasteiger partial charge in [0.2, 0.25) is 11.8 Å². The second-order valence-electron chi connectivity index (χ2n) is 5.21. The predicted octanol–water partition coefficient (Wildman–Crippen LogP) is 0.228. The first-order valence-corrected chi connectivity index (χ1v) is 7.30. The average Bonchev–Trinajstić information content (AvgIpc) is 2.94. The third-order valence-electron chi connectivity index (χ3n) is 3.11. The lowest BCUT2D eigenvalue weighted by atomic mass is 10.3. The van der Waals surface area contributed by atoms with E-state index in [1.54, 1.807) is 0 Å². The Labute approximate surface area is 124 Å². The molecule has 0 radical (unpaired) electrons. The quantitative estimate of drug-likeness (QED) is 0.744. The molecule has 2 heterocycles. The molecule has 1 aromatic rings. The molecule has 0 aromatic carbocycles. The standard InChI is InChI=1S/C13H23N5O3/c1-10(2)15-9-11-16-17-13(21-11)14-4-3-12(19)18-5-7-20-8-6-18/h10,15H,3-9H2,1-2H3,(H,14,17). The number of carbonyl (C=O) groups is 1. The first-order valence-electron chi connectivity index (χ1n) is 7.30. The molecule has 0 aliphatic carbocycles. The van der Waals surface area contributed by atoms with Crippen molar-refractivity contribution in [1.29, 1.82) is 0 Å². The second-order valence-corrected chi connectivity index (χ2v) is 5.21. The molecular formula is C13H23N5O3. The van der Waals surface area contributed by atoms with Crippen LogP contribution in [0.4, 0.5) is 6.01 Å². The van der Waals surface area contributed by atoms with Gasteiger partial charge in [0.1, 0.15) is 0 Å². The Kier molecular flexibility index (Phi) is 5.94. The minimum absolute atomic E-state index is 0.118.